The predicted molar refractivity (Wildman–Crippen MR) is 124 cm³/mol. The van der Waals surface area contributed by atoms with Crippen molar-refractivity contribution < 1.29 is 19.1 Å². The second-order valence-electron chi connectivity index (χ2n) is 7.96. The fourth-order valence-corrected chi connectivity index (χ4v) is 3.93. The number of fused-ring (bicyclic) bond motifs is 1. The van der Waals surface area contributed by atoms with Crippen molar-refractivity contribution in [3.8, 4) is 11.5 Å². The predicted octanol–water partition coefficient (Wildman–Crippen LogP) is 4.01. The third kappa shape index (κ3) is 5.86. The SMILES string of the molecule is CSCCC(NC(=O)c1ccccc1Cl)C(=O)NCC(C)(C)c1ccc2c(c1)OCO2. The molecule has 1 aliphatic heterocycles. The molecule has 0 aliphatic carbocycles. The molecule has 1 aliphatic rings. The van der Waals surface area contributed by atoms with Gasteiger partial charge in [-0.15, -0.1) is 0 Å². The molecule has 8 heteroatoms. The first kappa shape index (κ1) is 23.3. The monoisotopic (exact) mass is 462 g/mol. The van der Waals surface area contributed by atoms with E-state index in [2.05, 4.69) is 10.6 Å². The van der Waals surface area contributed by atoms with E-state index in [1.54, 1.807) is 36.0 Å². The van der Waals surface area contributed by atoms with E-state index >= 15 is 0 Å². The summed E-state index contributed by atoms with van der Waals surface area (Å²) in [5.41, 5.74) is 1.04. The number of halogens is 1. The van der Waals surface area contributed by atoms with Gasteiger partial charge in [0, 0.05) is 12.0 Å². The van der Waals surface area contributed by atoms with Crippen LogP contribution < -0.4 is 20.1 Å². The Balaban J connectivity index is 1.65. The number of thioether (sulfide) groups is 1. The lowest BCUT2D eigenvalue weighted by atomic mass is 9.84. The van der Waals surface area contributed by atoms with Crippen LogP contribution in [0.15, 0.2) is 42.5 Å². The molecular formula is C23H27ClN2O4S. The van der Waals surface area contributed by atoms with E-state index in [0.717, 1.165) is 17.1 Å². The minimum absolute atomic E-state index is 0.219. The summed E-state index contributed by atoms with van der Waals surface area (Å²) in [4.78, 5) is 25.6. The lowest BCUT2D eigenvalue weighted by Gasteiger charge is -2.27. The van der Waals surface area contributed by atoms with Crippen LogP contribution in [0.1, 0.15) is 36.2 Å². The maximum absolute atomic E-state index is 13.0. The summed E-state index contributed by atoms with van der Waals surface area (Å²) in [5, 5.41) is 6.19. The Morgan fingerprint density at radius 3 is 2.65 bits per heavy atom. The highest BCUT2D eigenvalue weighted by Gasteiger charge is 2.27. The van der Waals surface area contributed by atoms with E-state index in [-0.39, 0.29) is 24.0 Å². The number of hydrogen-bond acceptors (Lipinski definition) is 5. The van der Waals surface area contributed by atoms with Crippen molar-refractivity contribution in [1.82, 2.24) is 10.6 Å². The van der Waals surface area contributed by atoms with Crippen molar-refractivity contribution in [2.45, 2.75) is 31.7 Å². The molecule has 2 amide bonds. The van der Waals surface area contributed by atoms with E-state index < -0.39 is 6.04 Å². The zero-order valence-electron chi connectivity index (χ0n) is 17.9. The van der Waals surface area contributed by atoms with Crippen molar-refractivity contribution in [2.24, 2.45) is 0 Å². The lowest BCUT2D eigenvalue weighted by molar-refractivity contribution is -0.123. The van der Waals surface area contributed by atoms with Crippen LogP contribution in [0.5, 0.6) is 11.5 Å². The number of carbonyl (C=O) groups is 2. The van der Waals surface area contributed by atoms with Crippen molar-refractivity contribution >= 4 is 35.2 Å². The Labute approximate surface area is 192 Å². The average Bonchev–Trinajstić information content (AvgIpc) is 3.23. The van der Waals surface area contributed by atoms with Crippen LogP contribution in [0.25, 0.3) is 0 Å². The molecule has 0 radical (unpaired) electrons. The molecule has 1 heterocycles. The van der Waals surface area contributed by atoms with Crippen molar-refractivity contribution in [1.29, 1.82) is 0 Å². The minimum Gasteiger partial charge on any atom is -0.454 e. The van der Waals surface area contributed by atoms with Crippen molar-refractivity contribution in [3.05, 3.63) is 58.6 Å². The van der Waals surface area contributed by atoms with Crippen LogP contribution >= 0.6 is 23.4 Å². The third-order valence-corrected chi connectivity index (χ3v) is 6.18. The molecule has 0 saturated heterocycles. The van der Waals surface area contributed by atoms with Gasteiger partial charge in [0.2, 0.25) is 12.7 Å². The Bertz CT molecular complexity index is 951. The molecule has 0 bridgehead atoms. The largest absolute Gasteiger partial charge is 0.454 e. The molecule has 31 heavy (non-hydrogen) atoms. The molecule has 166 valence electrons. The van der Waals surface area contributed by atoms with E-state index in [1.807, 2.05) is 38.3 Å². The number of ether oxygens (including phenoxy) is 2. The summed E-state index contributed by atoms with van der Waals surface area (Å²) in [6.07, 6.45) is 2.49. The highest BCUT2D eigenvalue weighted by molar-refractivity contribution is 7.98. The zero-order valence-corrected chi connectivity index (χ0v) is 19.4. The fourth-order valence-electron chi connectivity index (χ4n) is 3.24. The number of carbonyl (C=O) groups excluding carboxylic acids is 2. The zero-order chi connectivity index (χ0) is 22.4. The standard InChI is InChI=1S/C23H27ClN2O4S/c1-23(2,15-8-9-19-20(12-15)30-14-29-19)13-25-22(28)18(10-11-31-3)26-21(27)16-6-4-5-7-17(16)24/h4-9,12,18H,10-11,13-14H2,1-3H3,(H,25,28)(H,26,27). The van der Waals surface area contributed by atoms with Gasteiger partial charge in [0.1, 0.15) is 6.04 Å². The topological polar surface area (TPSA) is 76.7 Å². The summed E-state index contributed by atoms with van der Waals surface area (Å²) in [6.45, 7) is 4.72. The average molecular weight is 463 g/mol. The van der Waals surface area contributed by atoms with Crippen LogP contribution in [0.4, 0.5) is 0 Å². The van der Waals surface area contributed by atoms with Crippen LogP contribution in [0, 0.1) is 0 Å². The van der Waals surface area contributed by atoms with Gasteiger partial charge in [-0.1, -0.05) is 43.6 Å². The molecule has 2 N–H and O–H groups in total. The summed E-state index contributed by atoms with van der Waals surface area (Å²) in [5.74, 6) is 1.60. The van der Waals surface area contributed by atoms with Gasteiger partial charge in [-0.05, 0) is 48.3 Å². The van der Waals surface area contributed by atoms with Crippen molar-refractivity contribution in [3.63, 3.8) is 0 Å². The summed E-state index contributed by atoms with van der Waals surface area (Å²) in [7, 11) is 0. The second-order valence-corrected chi connectivity index (χ2v) is 9.35. The third-order valence-electron chi connectivity index (χ3n) is 5.21. The fraction of sp³-hybridized carbons (Fsp3) is 0.391. The second kappa shape index (κ2) is 10.3. The lowest BCUT2D eigenvalue weighted by Crippen LogP contribution is -2.49. The molecule has 0 saturated carbocycles. The Kier molecular flexibility index (Phi) is 7.73. The number of amides is 2. The molecule has 0 aromatic heterocycles. The first-order valence-corrected chi connectivity index (χ1v) is 11.8. The smallest absolute Gasteiger partial charge is 0.253 e. The quantitative estimate of drug-likeness (QED) is 0.588. The van der Waals surface area contributed by atoms with Crippen molar-refractivity contribution in [2.75, 3.05) is 25.3 Å². The number of nitrogens with one attached hydrogen (secondary N) is 2. The molecule has 6 nitrogen and oxygen atoms in total. The van der Waals surface area contributed by atoms with E-state index in [9.17, 15) is 9.59 Å². The molecule has 1 unspecified atom stereocenters. The highest BCUT2D eigenvalue weighted by Crippen LogP contribution is 2.36. The molecule has 3 rings (SSSR count). The number of hydrogen-bond donors (Lipinski definition) is 2. The highest BCUT2D eigenvalue weighted by atomic mass is 35.5. The number of benzene rings is 2. The van der Waals surface area contributed by atoms with Crippen LogP contribution in [-0.2, 0) is 10.2 Å². The van der Waals surface area contributed by atoms with Gasteiger partial charge >= 0.3 is 0 Å². The van der Waals surface area contributed by atoms with Gasteiger partial charge in [0.15, 0.2) is 11.5 Å². The Morgan fingerprint density at radius 2 is 1.90 bits per heavy atom. The van der Waals surface area contributed by atoms with Crippen LogP contribution in [0.2, 0.25) is 5.02 Å². The van der Waals surface area contributed by atoms with Gasteiger partial charge in [-0.2, -0.15) is 11.8 Å². The Morgan fingerprint density at radius 1 is 1.16 bits per heavy atom. The Hall–Kier alpha value is -2.38. The first-order valence-electron chi connectivity index (χ1n) is 10.0. The molecule has 0 spiro atoms. The molecule has 0 fully saturated rings. The first-order chi connectivity index (χ1) is 14.8. The van der Waals surface area contributed by atoms with Gasteiger partial charge in [-0.3, -0.25) is 9.59 Å². The van der Waals surface area contributed by atoms with Gasteiger partial charge in [-0.25, -0.2) is 0 Å². The molecule has 1 atom stereocenters. The maximum atomic E-state index is 13.0. The van der Waals surface area contributed by atoms with E-state index in [0.29, 0.717) is 29.3 Å². The summed E-state index contributed by atoms with van der Waals surface area (Å²) < 4.78 is 10.8. The van der Waals surface area contributed by atoms with Gasteiger partial charge in [0.25, 0.3) is 5.91 Å². The van der Waals surface area contributed by atoms with Crippen LogP contribution in [0.3, 0.4) is 0 Å². The maximum Gasteiger partial charge on any atom is 0.253 e. The van der Waals surface area contributed by atoms with Gasteiger partial charge in [0.05, 0.1) is 10.6 Å². The van der Waals surface area contributed by atoms with Crippen LogP contribution in [-0.4, -0.2) is 43.2 Å². The molecule has 2 aromatic rings. The molecule has 2 aromatic carbocycles. The minimum atomic E-state index is -0.649. The van der Waals surface area contributed by atoms with E-state index in [4.69, 9.17) is 21.1 Å². The van der Waals surface area contributed by atoms with Gasteiger partial charge < -0.3 is 20.1 Å². The summed E-state index contributed by atoms with van der Waals surface area (Å²) >= 11 is 7.75. The number of rotatable bonds is 9. The molecular weight excluding hydrogens is 436 g/mol. The normalized spacial score (nSPS) is 13.5. The van der Waals surface area contributed by atoms with E-state index in [1.165, 1.54) is 0 Å². The summed E-state index contributed by atoms with van der Waals surface area (Å²) in [6, 6.07) is 11.9.